The molecule has 0 spiro atoms. The molecule has 1 N–H and O–H groups in total. The number of aliphatic carboxylic acids is 1. The van der Waals surface area contributed by atoms with Crippen molar-refractivity contribution in [2.75, 3.05) is 24.5 Å². The first-order valence-electron chi connectivity index (χ1n) is 10.2. The molecule has 0 radical (unpaired) electrons. The number of carbonyl (C=O) groups is 2. The third-order valence-corrected chi connectivity index (χ3v) is 6.29. The van der Waals surface area contributed by atoms with Crippen LogP contribution in [0.4, 0.5) is 5.69 Å². The molecule has 2 aromatic rings. The van der Waals surface area contributed by atoms with Gasteiger partial charge < -0.3 is 14.9 Å². The zero-order valence-electron chi connectivity index (χ0n) is 16.9. The van der Waals surface area contributed by atoms with Gasteiger partial charge in [0.2, 0.25) is 5.91 Å². The molecule has 2 saturated heterocycles. The predicted octanol–water partition coefficient (Wildman–Crippen LogP) is 2.26. The molecule has 0 bridgehead atoms. The number of anilines is 1. The largest absolute Gasteiger partial charge is 0.480 e. The summed E-state index contributed by atoms with van der Waals surface area (Å²) < 4.78 is 1.85. The summed E-state index contributed by atoms with van der Waals surface area (Å²) in [6.45, 7) is 5.67. The normalized spacial score (nSPS) is 22.8. The molecule has 1 atom stereocenters. The van der Waals surface area contributed by atoms with Crippen molar-refractivity contribution in [2.45, 2.75) is 45.1 Å². The van der Waals surface area contributed by atoms with E-state index in [2.05, 4.69) is 15.0 Å². The zero-order chi connectivity index (χ0) is 20.6. The number of carboxylic acids is 1. The number of carboxylic acid groups (broad SMARTS) is 1. The summed E-state index contributed by atoms with van der Waals surface area (Å²) in [6.07, 6.45) is 10.1. The Morgan fingerprint density at radius 3 is 2.59 bits per heavy atom. The molecule has 1 unspecified atom stereocenters. The minimum Gasteiger partial charge on any atom is -0.480 e. The molecule has 2 aromatic heterocycles. The summed E-state index contributed by atoms with van der Waals surface area (Å²) in [5, 5.41) is 14.0. The highest BCUT2D eigenvalue weighted by molar-refractivity contribution is 5.88. The Morgan fingerprint density at radius 2 is 1.93 bits per heavy atom. The molecular formula is C21H27N5O3. The smallest absolute Gasteiger partial charge is 0.329 e. The van der Waals surface area contributed by atoms with Crippen LogP contribution in [0.2, 0.25) is 0 Å². The summed E-state index contributed by atoms with van der Waals surface area (Å²) in [7, 11) is 0. The fourth-order valence-electron chi connectivity index (χ4n) is 4.49. The fourth-order valence-corrected chi connectivity index (χ4v) is 4.49. The van der Waals surface area contributed by atoms with Crippen molar-refractivity contribution < 1.29 is 14.7 Å². The second-order valence-electron chi connectivity index (χ2n) is 8.26. The van der Waals surface area contributed by atoms with Gasteiger partial charge in [0.25, 0.3) is 0 Å². The molecule has 2 aliphatic rings. The van der Waals surface area contributed by atoms with Crippen LogP contribution in [-0.2, 0) is 9.59 Å². The number of aromatic nitrogens is 3. The Hall–Kier alpha value is -2.90. The molecule has 2 aliphatic heterocycles. The Balaban J connectivity index is 1.47. The van der Waals surface area contributed by atoms with E-state index in [-0.39, 0.29) is 11.8 Å². The van der Waals surface area contributed by atoms with Crippen LogP contribution >= 0.6 is 0 Å². The molecule has 1 amide bonds. The summed E-state index contributed by atoms with van der Waals surface area (Å²) in [4.78, 5) is 32.9. The van der Waals surface area contributed by atoms with Gasteiger partial charge in [-0.2, -0.15) is 5.10 Å². The van der Waals surface area contributed by atoms with E-state index in [0.29, 0.717) is 25.8 Å². The fraction of sp³-hybridized carbons (Fsp3) is 0.524. The number of piperidine rings is 1. The van der Waals surface area contributed by atoms with Gasteiger partial charge in [-0.1, -0.05) is 0 Å². The summed E-state index contributed by atoms with van der Waals surface area (Å²) >= 11 is 0. The van der Waals surface area contributed by atoms with Crippen LogP contribution in [0.3, 0.4) is 0 Å². The van der Waals surface area contributed by atoms with Crippen LogP contribution in [0, 0.1) is 12.8 Å². The third-order valence-electron chi connectivity index (χ3n) is 6.29. The van der Waals surface area contributed by atoms with Gasteiger partial charge in [-0.25, -0.2) is 9.48 Å². The minimum absolute atomic E-state index is 0.0128. The van der Waals surface area contributed by atoms with E-state index in [0.717, 1.165) is 36.4 Å². The SMILES string of the molecule is Cc1cnn(-c2ccncc2N2CCC(C(=O)N3CCCC3(C)C(=O)O)CC2)c1. The first kappa shape index (κ1) is 19.4. The Kier molecular flexibility index (Phi) is 5.02. The second-order valence-corrected chi connectivity index (χ2v) is 8.26. The molecule has 2 fully saturated rings. The van der Waals surface area contributed by atoms with Crippen molar-refractivity contribution in [2.24, 2.45) is 5.92 Å². The monoisotopic (exact) mass is 397 g/mol. The number of likely N-dealkylation sites (tertiary alicyclic amines) is 1. The number of amides is 1. The van der Waals surface area contributed by atoms with E-state index in [1.807, 2.05) is 36.3 Å². The van der Waals surface area contributed by atoms with E-state index in [1.165, 1.54) is 0 Å². The molecule has 0 aromatic carbocycles. The van der Waals surface area contributed by atoms with E-state index < -0.39 is 11.5 Å². The van der Waals surface area contributed by atoms with Crippen molar-refractivity contribution in [1.82, 2.24) is 19.7 Å². The van der Waals surface area contributed by atoms with Crippen molar-refractivity contribution in [3.63, 3.8) is 0 Å². The van der Waals surface area contributed by atoms with Crippen LogP contribution in [0.25, 0.3) is 5.69 Å². The lowest BCUT2D eigenvalue weighted by Gasteiger charge is -2.38. The molecular weight excluding hydrogens is 370 g/mol. The molecule has 4 rings (SSSR count). The Bertz CT molecular complexity index is 919. The maximum atomic E-state index is 13.1. The van der Waals surface area contributed by atoms with Gasteiger partial charge in [0.15, 0.2) is 0 Å². The number of rotatable bonds is 4. The van der Waals surface area contributed by atoms with Gasteiger partial charge in [0.1, 0.15) is 5.54 Å². The molecule has 0 aliphatic carbocycles. The first-order valence-corrected chi connectivity index (χ1v) is 10.2. The lowest BCUT2D eigenvalue weighted by molar-refractivity contribution is -0.157. The molecule has 4 heterocycles. The molecule has 154 valence electrons. The lowest BCUT2D eigenvalue weighted by Crippen LogP contribution is -2.53. The Labute approximate surface area is 170 Å². The quantitative estimate of drug-likeness (QED) is 0.851. The standard InChI is InChI=1S/C21H27N5O3/c1-15-12-23-26(14-15)17-4-8-22-13-18(17)24-10-5-16(6-11-24)19(27)25-9-3-7-21(25,2)20(28)29/h4,8,12-14,16H,3,5-7,9-11H2,1-2H3,(H,28,29). The van der Waals surface area contributed by atoms with Crippen LogP contribution in [0.5, 0.6) is 0 Å². The van der Waals surface area contributed by atoms with Crippen LogP contribution in [0.1, 0.15) is 38.2 Å². The highest BCUT2D eigenvalue weighted by Gasteiger charge is 2.47. The highest BCUT2D eigenvalue weighted by Crippen LogP contribution is 2.34. The maximum Gasteiger partial charge on any atom is 0.329 e. The summed E-state index contributed by atoms with van der Waals surface area (Å²) in [6, 6.07) is 1.95. The van der Waals surface area contributed by atoms with Crippen molar-refractivity contribution in [3.8, 4) is 5.69 Å². The minimum atomic E-state index is -1.07. The van der Waals surface area contributed by atoms with Crippen molar-refractivity contribution in [3.05, 3.63) is 36.4 Å². The van der Waals surface area contributed by atoms with Crippen LogP contribution < -0.4 is 4.90 Å². The highest BCUT2D eigenvalue weighted by atomic mass is 16.4. The maximum absolute atomic E-state index is 13.1. The molecule has 8 heteroatoms. The Morgan fingerprint density at radius 1 is 1.17 bits per heavy atom. The number of carbonyl (C=O) groups excluding carboxylic acids is 1. The van der Waals surface area contributed by atoms with Gasteiger partial charge >= 0.3 is 5.97 Å². The number of aryl methyl sites for hydroxylation is 1. The summed E-state index contributed by atoms with van der Waals surface area (Å²) in [5.41, 5.74) is 1.99. The van der Waals surface area contributed by atoms with Gasteiger partial charge in [-0.05, 0) is 51.2 Å². The van der Waals surface area contributed by atoms with E-state index in [4.69, 9.17) is 0 Å². The van der Waals surface area contributed by atoms with Crippen molar-refractivity contribution in [1.29, 1.82) is 0 Å². The lowest BCUT2D eigenvalue weighted by atomic mass is 9.92. The van der Waals surface area contributed by atoms with E-state index in [1.54, 1.807) is 18.0 Å². The van der Waals surface area contributed by atoms with Gasteiger partial charge in [0, 0.05) is 37.9 Å². The van der Waals surface area contributed by atoms with Crippen LogP contribution in [-0.4, -0.2) is 61.8 Å². The first-order chi connectivity index (χ1) is 13.9. The molecule has 0 saturated carbocycles. The van der Waals surface area contributed by atoms with E-state index >= 15 is 0 Å². The van der Waals surface area contributed by atoms with Gasteiger partial charge in [0.05, 0.1) is 23.8 Å². The average Bonchev–Trinajstić information content (AvgIpc) is 3.34. The molecule has 8 nitrogen and oxygen atoms in total. The van der Waals surface area contributed by atoms with Crippen LogP contribution in [0.15, 0.2) is 30.9 Å². The molecule has 29 heavy (non-hydrogen) atoms. The second kappa shape index (κ2) is 7.50. The number of nitrogens with zero attached hydrogens (tertiary/aromatic N) is 5. The third kappa shape index (κ3) is 3.47. The predicted molar refractivity (Wildman–Crippen MR) is 108 cm³/mol. The van der Waals surface area contributed by atoms with Gasteiger partial charge in [-0.15, -0.1) is 0 Å². The number of pyridine rings is 1. The average molecular weight is 397 g/mol. The van der Waals surface area contributed by atoms with Crippen molar-refractivity contribution >= 4 is 17.6 Å². The van der Waals surface area contributed by atoms with Gasteiger partial charge in [-0.3, -0.25) is 9.78 Å². The zero-order valence-corrected chi connectivity index (χ0v) is 16.9. The topological polar surface area (TPSA) is 91.6 Å². The number of hydrogen-bond donors (Lipinski definition) is 1. The summed E-state index contributed by atoms with van der Waals surface area (Å²) in [5.74, 6) is -1.05. The number of hydrogen-bond acceptors (Lipinski definition) is 5. The van der Waals surface area contributed by atoms with E-state index in [9.17, 15) is 14.7 Å².